The summed E-state index contributed by atoms with van der Waals surface area (Å²) >= 11 is 0. The van der Waals surface area contributed by atoms with Crippen LogP contribution in [0, 0.1) is 6.33 Å². The first kappa shape index (κ1) is 27.8. The Hall–Kier alpha value is -10.1. The van der Waals surface area contributed by atoms with Gasteiger partial charge < -0.3 is 4.74 Å². The second-order valence-corrected chi connectivity index (χ2v) is 23.5. The first-order valence-corrected chi connectivity index (χ1v) is 27.7. The molecule has 0 spiro atoms. The van der Waals surface area contributed by atoms with Gasteiger partial charge in [0.15, 0.2) is 8.07 Å². The van der Waals surface area contributed by atoms with Gasteiger partial charge in [-0.2, -0.15) is 0 Å². The van der Waals surface area contributed by atoms with Gasteiger partial charge >= 0.3 is 0 Å². The third-order valence-corrected chi connectivity index (χ3v) is 18.1. The van der Waals surface area contributed by atoms with Crippen LogP contribution in [0.3, 0.4) is 0 Å². The smallest absolute Gasteiger partial charge is 0.269 e. The molecule has 392 valence electrons. The van der Waals surface area contributed by atoms with Gasteiger partial charge in [0.25, 0.3) is 6.33 Å². The maximum absolute atomic E-state index is 10.8. The fourth-order valence-corrected chi connectivity index (χ4v) is 14.0. The molecule has 0 N–H and O–H groups in total. The van der Waals surface area contributed by atoms with Crippen molar-refractivity contribution in [2.75, 3.05) is 0 Å². The molecule has 0 aliphatic carbocycles. The number of ether oxygens (including phenoxy) is 1. The predicted molar refractivity (Wildman–Crippen MR) is 341 cm³/mol. The SMILES string of the molecule is [2H]c1c([2H])c([2H])c(-c2cc(-c3c([2H])c([2H])c([2H])c([Si](c4c([2H])c([2H])c([2H])c([2H])c4[2H])(c4c([2H])c([2H])c([2H])c([2H])c4[2H])c4c([2H])c([2H])c([2H])c([2H])c4[2H])c3[2H])cc(-c3c([2H])c([2H])c([2H])c([2H])c3[2H])c2-[n+]2[c-]n(-c3cccc(Oc4ccc5c6ccccc6n(-c6cc(C(C)(C)C)ccn6)c5c4)c3)c3ccccc32)c([2H])c1[2H]. The Labute approximate surface area is 520 Å². The molecule has 3 aromatic heterocycles. The Balaban J connectivity index is 1.11. The van der Waals surface area contributed by atoms with Gasteiger partial charge in [0.2, 0.25) is 0 Å². The summed E-state index contributed by atoms with van der Waals surface area (Å²) < 4.78 is 285. The quantitative estimate of drug-likeness (QED) is 0.0529. The van der Waals surface area contributed by atoms with Crippen molar-refractivity contribution in [3.63, 3.8) is 0 Å². The van der Waals surface area contributed by atoms with Crippen molar-refractivity contribution in [2.24, 2.45) is 0 Å². The highest BCUT2D eigenvalue weighted by molar-refractivity contribution is 7.19. The molecule has 0 aliphatic rings. The molecule has 5 nitrogen and oxygen atoms in total. The largest absolute Gasteiger partial charge is 0.458 e. The van der Waals surface area contributed by atoms with E-state index in [0.717, 1.165) is 39.5 Å². The summed E-state index contributed by atoms with van der Waals surface area (Å²) in [6, 6.07) is 0.574. The number of benzene rings is 11. The molecule has 0 saturated heterocycles. The van der Waals surface area contributed by atoms with Crippen LogP contribution in [0.15, 0.2) is 297 Å². The minimum Gasteiger partial charge on any atom is -0.458 e. The van der Waals surface area contributed by atoms with E-state index in [1.165, 1.54) is 4.57 Å². The molecule has 0 unspecified atom stereocenters. The van der Waals surface area contributed by atoms with Crippen LogP contribution in [0.4, 0.5) is 0 Å². The fourth-order valence-electron chi connectivity index (χ4n) is 10.4. The summed E-state index contributed by atoms with van der Waals surface area (Å²) in [6.45, 7) is 6.34. The van der Waals surface area contributed by atoms with E-state index in [1.807, 2.05) is 54.6 Å². The zero-order valence-electron chi connectivity index (χ0n) is 72.7. The number of nitrogens with zero attached hydrogens (tertiary/aromatic N) is 4. The molecular weight excluding hydrogens is 1010 g/mol. The van der Waals surface area contributed by atoms with Gasteiger partial charge in [-0.15, -0.1) is 0 Å². The maximum atomic E-state index is 10.8. The van der Waals surface area contributed by atoms with Crippen LogP contribution in [0.5, 0.6) is 11.5 Å². The number of hydrogen-bond donors (Lipinski definition) is 0. The summed E-state index contributed by atoms with van der Waals surface area (Å²) in [7, 11) is -6.51. The Morgan fingerprint density at radius 3 is 1.66 bits per heavy atom. The van der Waals surface area contributed by atoms with E-state index in [-0.39, 0.29) is 16.6 Å². The van der Waals surface area contributed by atoms with E-state index >= 15 is 0 Å². The van der Waals surface area contributed by atoms with Crippen molar-refractivity contribution < 1.29 is 49.1 Å². The number of fused-ring (bicyclic) bond motifs is 4. The van der Waals surface area contributed by atoms with Gasteiger partial charge in [0.05, 0.1) is 73.2 Å². The summed E-state index contributed by atoms with van der Waals surface area (Å²) in [5.41, 5.74) is -0.967. The monoisotopic (exact) mass is 1100 g/mol. The van der Waals surface area contributed by atoms with Crippen molar-refractivity contribution >= 4 is 61.7 Å². The van der Waals surface area contributed by atoms with Crippen LogP contribution in [-0.2, 0) is 5.41 Å². The zero-order valence-corrected chi connectivity index (χ0v) is 44.7. The first-order chi connectivity index (χ1) is 52.3. The Bertz CT molecular complexity index is 6050. The van der Waals surface area contributed by atoms with Crippen LogP contribution in [-0.4, -0.2) is 22.2 Å². The van der Waals surface area contributed by atoms with Gasteiger partial charge in [-0.3, -0.25) is 13.7 Å². The lowest BCUT2D eigenvalue weighted by atomic mass is 9.88. The number of hydrogen-bond acceptors (Lipinski definition) is 2. The molecule has 0 amide bonds. The summed E-state index contributed by atoms with van der Waals surface area (Å²) in [5.74, 6) is 1.39. The molecule has 14 rings (SSSR count). The van der Waals surface area contributed by atoms with Crippen LogP contribution >= 0.6 is 0 Å². The molecule has 11 aromatic carbocycles. The molecule has 0 bridgehead atoms. The normalized spacial score (nSPS) is 16.8. The highest BCUT2D eigenvalue weighted by atomic mass is 28.3. The molecule has 14 aromatic rings. The lowest BCUT2D eigenvalue weighted by molar-refractivity contribution is -0.571. The van der Waals surface area contributed by atoms with Crippen molar-refractivity contribution in [2.45, 2.75) is 26.2 Å². The molecule has 6 heteroatoms. The van der Waals surface area contributed by atoms with Crippen molar-refractivity contribution in [3.8, 4) is 62.1 Å². The molecule has 0 aliphatic heterocycles. The molecule has 82 heavy (non-hydrogen) atoms. The standard InChI is InChI=1S/C76H58N4OSi/c1-76(2,3)58-45-46-77-74(50-58)80-70-40-20-19-39-66(70)67-44-43-61(52-73(67)80)81-60-31-24-30-59(51-60)78-53-79(72-42-22-21-41-71(72)78)75-68(54-25-9-4-10-26-54)48-57(49-69(75)55-27-11-5-12-28-55)56-29-23-38-65(47-56)82(62-32-13-6-14-33-62,63-34-15-7-16-35-63)64-36-17-8-18-37-64/h4-52H,1-3H3/i4D,5D,6D,7D,8D,9D,10D,11D,12D,13D,14D,15D,16D,17D,18D,23D,25D,26D,27D,28D,29D,32D,33D,34D,35D,36D,37D,38D,47D. The molecule has 0 saturated carbocycles. The van der Waals surface area contributed by atoms with Crippen LogP contribution in [0.1, 0.15) is 66.1 Å². The number of para-hydroxylation sites is 3. The highest BCUT2D eigenvalue weighted by Crippen LogP contribution is 2.40. The second kappa shape index (κ2) is 20.8. The molecule has 0 atom stereocenters. The van der Waals surface area contributed by atoms with E-state index < -0.39 is 237 Å². The van der Waals surface area contributed by atoms with Gasteiger partial charge in [-0.1, -0.05) is 245 Å². The van der Waals surface area contributed by atoms with E-state index in [2.05, 4.69) is 31.7 Å². The van der Waals surface area contributed by atoms with Crippen molar-refractivity contribution in [1.29, 1.82) is 0 Å². The molecular formula is C76H58N4OSi. The summed E-state index contributed by atoms with van der Waals surface area (Å²) in [4.78, 5) is 4.82. The third-order valence-electron chi connectivity index (χ3n) is 14.1. The lowest BCUT2D eigenvalue weighted by Crippen LogP contribution is -2.74. The number of pyridine rings is 1. The fraction of sp³-hybridized carbons (Fsp3) is 0.0526. The Morgan fingerprint density at radius 2 is 1.02 bits per heavy atom. The zero-order chi connectivity index (χ0) is 80.4. The van der Waals surface area contributed by atoms with Crippen molar-refractivity contribution in [3.05, 3.63) is 309 Å². The van der Waals surface area contributed by atoms with Gasteiger partial charge in [0, 0.05) is 23.0 Å². The van der Waals surface area contributed by atoms with Crippen LogP contribution in [0.25, 0.3) is 83.4 Å². The van der Waals surface area contributed by atoms with Crippen LogP contribution in [0.2, 0.25) is 0 Å². The number of rotatable bonds is 12. The summed E-state index contributed by atoms with van der Waals surface area (Å²) in [6.07, 6.45) is 5.10. The van der Waals surface area contributed by atoms with Crippen molar-refractivity contribution in [1.82, 2.24) is 14.1 Å². The number of imidazole rings is 1. The van der Waals surface area contributed by atoms with E-state index in [0.29, 0.717) is 28.5 Å². The molecule has 0 radical (unpaired) electrons. The van der Waals surface area contributed by atoms with E-state index in [4.69, 9.17) is 30.3 Å². The highest BCUT2D eigenvalue weighted by Gasteiger charge is 2.41. The molecule has 3 heterocycles. The average molecular weight is 1100 g/mol. The van der Waals surface area contributed by atoms with E-state index in [9.17, 15) is 19.2 Å². The molecule has 0 fully saturated rings. The Morgan fingerprint density at radius 1 is 0.476 bits per heavy atom. The predicted octanol–water partition coefficient (Wildman–Crippen LogP) is 15.7. The lowest BCUT2D eigenvalue weighted by Gasteiger charge is -2.34. The second-order valence-electron chi connectivity index (χ2n) is 20.0. The van der Waals surface area contributed by atoms with Crippen LogP contribution < -0.4 is 30.1 Å². The Kier molecular flexibility index (Phi) is 7.07. The third kappa shape index (κ3) is 8.90. The van der Waals surface area contributed by atoms with Gasteiger partial charge in [-0.25, -0.2) is 4.98 Å². The maximum Gasteiger partial charge on any atom is 0.269 e. The van der Waals surface area contributed by atoms with Gasteiger partial charge in [0.1, 0.15) is 17.3 Å². The first-order valence-electron chi connectivity index (χ1n) is 40.2. The average Bonchev–Trinajstić information content (AvgIpc) is 1.34. The number of aromatic nitrogens is 4. The summed E-state index contributed by atoms with van der Waals surface area (Å²) in [5, 5.41) is -2.74. The minimum absolute atomic E-state index is 0.171. The van der Waals surface area contributed by atoms with E-state index in [1.54, 1.807) is 59.3 Å². The topological polar surface area (TPSA) is 35.9 Å². The minimum atomic E-state index is -6.51. The van der Waals surface area contributed by atoms with Gasteiger partial charge in [-0.05, 0) is 126 Å².